The van der Waals surface area contributed by atoms with Gasteiger partial charge in [0.15, 0.2) is 9.50 Å². The normalized spacial score (nSPS) is 11.4. The molecule has 0 spiro atoms. The van der Waals surface area contributed by atoms with Gasteiger partial charge >= 0.3 is 0 Å². The fourth-order valence-corrected chi connectivity index (χ4v) is 9.20. The predicted octanol–water partition coefficient (Wildman–Crippen LogP) is 10.2. The third kappa shape index (κ3) is 7.07. The third-order valence-electron chi connectivity index (χ3n) is 8.35. The molecule has 50 heavy (non-hydrogen) atoms. The minimum atomic E-state index is -0.111. The van der Waals surface area contributed by atoms with E-state index in [4.69, 9.17) is 4.98 Å². The molecule has 0 fully saturated rings. The molecule has 6 nitrogen and oxygen atoms in total. The minimum absolute atomic E-state index is 0.111. The molecule has 0 aliphatic rings. The molecule has 1 amide bonds. The van der Waals surface area contributed by atoms with Gasteiger partial charge < -0.3 is 5.32 Å². The van der Waals surface area contributed by atoms with Gasteiger partial charge in [0.1, 0.15) is 5.82 Å². The number of para-hydroxylation sites is 1. The zero-order valence-corrected chi connectivity index (χ0v) is 29.3. The van der Waals surface area contributed by atoms with Crippen LogP contribution in [-0.2, 0) is 11.2 Å². The Labute approximate surface area is 302 Å². The van der Waals surface area contributed by atoms with Crippen LogP contribution in [0.25, 0.3) is 26.7 Å². The molecular formula is C41H31N5OS3. The number of benzene rings is 6. The number of rotatable bonds is 11. The van der Waals surface area contributed by atoms with Crippen LogP contribution in [0.1, 0.15) is 27.8 Å². The smallest absolute Gasteiger partial charge is 0.234 e. The van der Waals surface area contributed by atoms with Crippen LogP contribution in [0, 0.1) is 0 Å². The molecule has 2 heterocycles. The van der Waals surface area contributed by atoms with Crippen molar-refractivity contribution in [2.75, 3.05) is 11.1 Å². The Kier molecular flexibility index (Phi) is 9.42. The molecule has 0 aliphatic heterocycles. The third-order valence-corrected chi connectivity index (χ3v) is 11.7. The number of anilines is 1. The van der Waals surface area contributed by atoms with Crippen molar-refractivity contribution in [2.45, 2.75) is 21.2 Å². The highest BCUT2D eigenvalue weighted by molar-refractivity contribution is 8.01. The Balaban J connectivity index is 0.980. The van der Waals surface area contributed by atoms with Gasteiger partial charge in [-0.2, -0.15) is 0 Å². The number of carbonyl (C=O) groups is 1. The first-order valence-electron chi connectivity index (χ1n) is 16.2. The average Bonchev–Trinajstić information content (AvgIpc) is 3.77. The minimum Gasteiger partial charge on any atom is -0.325 e. The molecular weight excluding hydrogens is 675 g/mol. The topological polar surface area (TPSA) is 72.7 Å². The van der Waals surface area contributed by atoms with Gasteiger partial charge in [0.25, 0.3) is 0 Å². The zero-order chi connectivity index (χ0) is 33.7. The van der Waals surface area contributed by atoms with Crippen LogP contribution in [0.5, 0.6) is 0 Å². The molecule has 0 radical (unpaired) electrons. The lowest BCUT2D eigenvalue weighted by atomic mass is 10.0. The van der Waals surface area contributed by atoms with Crippen LogP contribution >= 0.6 is 34.9 Å². The van der Waals surface area contributed by atoms with Gasteiger partial charge in [-0.3, -0.25) is 9.36 Å². The molecule has 0 bridgehead atoms. The van der Waals surface area contributed by atoms with Crippen molar-refractivity contribution in [1.29, 1.82) is 0 Å². The van der Waals surface area contributed by atoms with Crippen LogP contribution in [0.3, 0.4) is 0 Å². The zero-order valence-electron chi connectivity index (χ0n) is 26.8. The summed E-state index contributed by atoms with van der Waals surface area (Å²) in [4.78, 5) is 18.2. The van der Waals surface area contributed by atoms with E-state index in [1.807, 2.05) is 60.7 Å². The van der Waals surface area contributed by atoms with Gasteiger partial charge in [-0.1, -0.05) is 145 Å². The van der Waals surface area contributed by atoms with Crippen LogP contribution in [-0.4, -0.2) is 31.4 Å². The van der Waals surface area contributed by atoms with Crippen molar-refractivity contribution in [3.05, 3.63) is 174 Å². The van der Waals surface area contributed by atoms with Crippen molar-refractivity contribution in [1.82, 2.24) is 19.7 Å². The number of hydrogen-bond donors (Lipinski definition) is 1. The Morgan fingerprint density at radius 3 is 2.18 bits per heavy atom. The lowest BCUT2D eigenvalue weighted by Gasteiger charge is -2.16. The second kappa shape index (κ2) is 14.7. The standard InChI is InChI=1S/C41H31N5OS3/c47-38(27-48-40-45-44-37(46(40)33-20-8-3-9-21-33)25-31-19-12-18-28-13-10-11-22-34(28)31)42-32-23-24-35-36(26-32)49-41(43-35)50-39(29-14-4-1-5-15-29)30-16-6-2-7-17-30/h1-24,26,39H,25,27H2,(H,42,47). The first-order chi connectivity index (χ1) is 24.7. The summed E-state index contributed by atoms with van der Waals surface area (Å²) in [6.45, 7) is 0. The summed E-state index contributed by atoms with van der Waals surface area (Å²) < 4.78 is 4.07. The van der Waals surface area contributed by atoms with E-state index in [1.54, 1.807) is 23.1 Å². The first-order valence-corrected chi connectivity index (χ1v) is 18.9. The fourth-order valence-electron chi connectivity index (χ4n) is 6.01. The monoisotopic (exact) mass is 705 g/mol. The van der Waals surface area contributed by atoms with E-state index in [0.29, 0.717) is 11.6 Å². The molecule has 2 aromatic heterocycles. The van der Waals surface area contributed by atoms with E-state index in [9.17, 15) is 4.79 Å². The second-order valence-electron chi connectivity index (χ2n) is 11.7. The van der Waals surface area contributed by atoms with Crippen molar-refractivity contribution in [3.63, 3.8) is 0 Å². The lowest BCUT2D eigenvalue weighted by Crippen LogP contribution is -2.14. The highest BCUT2D eigenvalue weighted by Crippen LogP contribution is 2.43. The van der Waals surface area contributed by atoms with Crippen LogP contribution < -0.4 is 5.32 Å². The number of aromatic nitrogens is 4. The Morgan fingerprint density at radius 2 is 1.42 bits per heavy atom. The lowest BCUT2D eigenvalue weighted by molar-refractivity contribution is -0.113. The molecule has 8 rings (SSSR count). The summed E-state index contributed by atoms with van der Waals surface area (Å²) in [6.07, 6.45) is 0.614. The fraction of sp³-hybridized carbons (Fsp3) is 0.0732. The number of thiazole rings is 1. The van der Waals surface area contributed by atoms with Crippen molar-refractivity contribution < 1.29 is 4.79 Å². The summed E-state index contributed by atoms with van der Waals surface area (Å²) in [5.41, 5.74) is 6.26. The van der Waals surface area contributed by atoms with E-state index in [1.165, 1.54) is 39.2 Å². The number of thioether (sulfide) groups is 2. The molecule has 0 atom stereocenters. The van der Waals surface area contributed by atoms with Crippen molar-refractivity contribution in [3.8, 4) is 5.69 Å². The Morgan fingerprint density at radius 1 is 0.740 bits per heavy atom. The molecule has 9 heteroatoms. The second-order valence-corrected chi connectivity index (χ2v) is 15.0. The van der Waals surface area contributed by atoms with Gasteiger partial charge in [0.2, 0.25) is 5.91 Å². The SMILES string of the molecule is O=C(CSc1nnc(Cc2cccc3ccccc23)n1-c1ccccc1)Nc1ccc2nc(SC(c3ccccc3)c3ccccc3)sc2c1. The van der Waals surface area contributed by atoms with Gasteiger partial charge in [-0.25, -0.2) is 4.98 Å². The van der Waals surface area contributed by atoms with E-state index < -0.39 is 0 Å². The maximum absolute atomic E-state index is 13.3. The molecule has 0 unspecified atom stereocenters. The number of hydrogen-bond acceptors (Lipinski definition) is 7. The molecule has 0 saturated heterocycles. The van der Waals surface area contributed by atoms with Gasteiger partial charge in [0.05, 0.1) is 21.2 Å². The average molecular weight is 706 g/mol. The summed E-state index contributed by atoms with van der Waals surface area (Å²) in [5, 5.41) is 15.4. The number of fused-ring (bicyclic) bond motifs is 2. The number of carbonyl (C=O) groups excluding carboxylic acids is 1. The maximum atomic E-state index is 13.3. The number of nitrogens with one attached hydrogen (secondary N) is 1. The highest BCUT2D eigenvalue weighted by Gasteiger charge is 2.20. The molecule has 244 valence electrons. The largest absolute Gasteiger partial charge is 0.325 e. The van der Waals surface area contributed by atoms with Crippen molar-refractivity contribution >= 4 is 67.4 Å². The van der Waals surface area contributed by atoms with Gasteiger partial charge in [-0.15, -0.1) is 21.5 Å². The van der Waals surface area contributed by atoms with Crippen LogP contribution in [0.15, 0.2) is 161 Å². The predicted molar refractivity (Wildman–Crippen MR) is 208 cm³/mol. The molecule has 0 saturated carbocycles. The van der Waals surface area contributed by atoms with Crippen LogP contribution in [0.2, 0.25) is 0 Å². The first kappa shape index (κ1) is 32.0. The van der Waals surface area contributed by atoms with E-state index in [0.717, 1.165) is 31.8 Å². The van der Waals surface area contributed by atoms with Crippen molar-refractivity contribution in [2.24, 2.45) is 0 Å². The molecule has 8 aromatic rings. The number of amides is 1. The molecule has 1 N–H and O–H groups in total. The van der Waals surface area contributed by atoms with Crippen LogP contribution in [0.4, 0.5) is 5.69 Å². The van der Waals surface area contributed by atoms with Gasteiger partial charge in [0, 0.05) is 17.8 Å². The number of nitrogens with zero attached hydrogens (tertiary/aromatic N) is 4. The Hall–Kier alpha value is -5.22. The highest BCUT2D eigenvalue weighted by atomic mass is 32.2. The molecule has 0 aliphatic carbocycles. The van der Waals surface area contributed by atoms with Gasteiger partial charge in [-0.05, 0) is 57.8 Å². The van der Waals surface area contributed by atoms with E-state index in [2.05, 4.69) is 111 Å². The summed E-state index contributed by atoms with van der Waals surface area (Å²) in [5.74, 6) is 0.901. The van der Waals surface area contributed by atoms with E-state index in [-0.39, 0.29) is 16.9 Å². The molecule has 6 aromatic carbocycles. The summed E-state index contributed by atoms with van der Waals surface area (Å²) >= 11 is 4.77. The summed E-state index contributed by atoms with van der Waals surface area (Å²) in [6, 6.07) is 51.8. The summed E-state index contributed by atoms with van der Waals surface area (Å²) in [7, 11) is 0. The Bertz CT molecular complexity index is 2350. The quantitative estimate of drug-likeness (QED) is 0.135. The maximum Gasteiger partial charge on any atom is 0.234 e. The van der Waals surface area contributed by atoms with E-state index >= 15 is 0 Å².